The molecule has 1 aliphatic heterocycles. The van der Waals surface area contributed by atoms with E-state index in [0.717, 1.165) is 5.46 Å². The molecule has 0 amide bonds. The van der Waals surface area contributed by atoms with Crippen molar-refractivity contribution in [3.8, 4) is 0 Å². The third kappa shape index (κ3) is 2.50. The third-order valence-electron chi connectivity index (χ3n) is 3.93. The zero-order valence-corrected chi connectivity index (χ0v) is 13.0. The zero-order chi connectivity index (χ0) is 13.6. The average Bonchev–Trinajstić information content (AvgIpc) is 2.48. The predicted molar refractivity (Wildman–Crippen MR) is 80.6 cm³/mol. The molecule has 0 aliphatic carbocycles. The number of hydrogen-bond donors (Lipinski definition) is 0. The van der Waals surface area contributed by atoms with E-state index in [1.165, 1.54) is 5.30 Å². The van der Waals surface area contributed by atoms with E-state index in [9.17, 15) is 0 Å². The first-order valence-electron chi connectivity index (χ1n) is 6.36. The van der Waals surface area contributed by atoms with Gasteiger partial charge < -0.3 is 9.31 Å². The minimum atomic E-state index is -0.265. The van der Waals surface area contributed by atoms with Crippen molar-refractivity contribution in [2.45, 2.75) is 38.9 Å². The summed E-state index contributed by atoms with van der Waals surface area (Å²) >= 11 is 0. The first-order chi connectivity index (χ1) is 8.23. The minimum absolute atomic E-state index is 0.0397. The SMILES string of the molecule is CP(C)c1ccc(B2OC(C)(C)C(C)(C)O2)cc1. The highest BCUT2D eigenvalue weighted by Gasteiger charge is 2.51. The first kappa shape index (κ1) is 14.1. The van der Waals surface area contributed by atoms with Crippen LogP contribution in [0.3, 0.4) is 0 Å². The Morgan fingerprint density at radius 3 is 1.72 bits per heavy atom. The van der Waals surface area contributed by atoms with Crippen molar-refractivity contribution in [1.29, 1.82) is 0 Å². The van der Waals surface area contributed by atoms with Crippen LogP contribution in [0, 0.1) is 0 Å². The van der Waals surface area contributed by atoms with Gasteiger partial charge in [0.2, 0.25) is 0 Å². The van der Waals surface area contributed by atoms with E-state index < -0.39 is 0 Å². The summed E-state index contributed by atoms with van der Waals surface area (Å²) in [4.78, 5) is 0. The Labute approximate surface area is 112 Å². The molecule has 1 aliphatic rings. The topological polar surface area (TPSA) is 18.5 Å². The first-order valence-corrected chi connectivity index (χ1v) is 8.59. The second kappa shape index (κ2) is 4.63. The molecule has 0 bridgehead atoms. The fourth-order valence-corrected chi connectivity index (χ4v) is 2.65. The van der Waals surface area contributed by atoms with Crippen LogP contribution in [-0.2, 0) is 9.31 Å². The third-order valence-corrected chi connectivity index (χ3v) is 5.27. The van der Waals surface area contributed by atoms with Gasteiger partial charge in [0.05, 0.1) is 11.2 Å². The van der Waals surface area contributed by atoms with E-state index in [2.05, 4.69) is 65.3 Å². The van der Waals surface area contributed by atoms with Gasteiger partial charge in [0.1, 0.15) is 0 Å². The maximum absolute atomic E-state index is 6.03. The standard InChI is InChI=1S/C14H22BO2P/c1-13(2)14(3,4)17-15(16-13)11-7-9-12(10-8-11)18(5)6/h7-10H,1-6H3. The maximum Gasteiger partial charge on any atom is 0.494 e. The molecular weight excluding hydrogens is 242 g/mol. The molecule has 1 aromatic rings. The molecule has 0 saturated carbocycles. The van der Waals surface area contributed by atoms with Gasteiger partial charge in [-0.25, -0.2) is 0 Å². The van der Waals surface area contributed by atoms with Gasteiger partial charge in [-0.15, -0.1) is 0 Å². The Bertz CT molecular complexity index is 410. The van der Waals surface area contributed by atoms with Crippen molar-refractivity contribution in [1.82, 2.24) is 0 Å². The number of rotatable bonds is 2. The molecule has 1 aromatic carbocycles. The van der Waals surface area contributed by atoms with E-state index in [1.54, 1.807) is 0 Å². The Balaban J connectivity index is 2.19. The fourth-order valence-electron chi connectivity index (χ4n) is 1.91. The van der Waals surface area contributed by atoms with Gasteiger partial charge in [-0.3, -0.25) is 0 Å². The highest BCUT2D eigenvalue weighted by molar-refractivity contribution is 7.64. The Hall–Kier alpha value is -0.365. The molecule has 0 aromatic heterocycles. The van der Waals surface area contributed by atoms with Crippen LogP contribution in [0.4, 0.5) is 0 Å². The van der Waals surface area contributed by atoms with E-state index in [1.807, 2.05) is 0 Å². The summed E-state index contributed by atoms with van der Waals surface area (Å²) in [5.41, 5.74) is 0.575. The summed E-state index contributed by atoms with van der Waals surface area (Å²) in [6, 6.07) is 8.62. The lowest BCUT2D eigenvalue weighted by Gasteiger charge is -2.32. The van der Waals surface area contributed by atoms with Crippen LogP contribution in [0.15, 0.2) is 24.3 Å². The van der Waals surface area contributed by atoms with E-state index in [4.69, 9.17) is 9.31 Å². The summed E-state index contributed by atoms with van der Waals surface area (Å²) in [5, 5.41) is 1.41. The van der Waals surface area contributed by atoms with Crippen LogP contribution in [0.1, 0.15) is 27.7 Å². The highest BCUT2D eigenvalue weighted by Crippen LogP contribution is 2.36. The van der Waals surface area contributed by atoms with Gasteiger partial charge in [0.25, 0.3) is 0 Å². The van der Waals surface area contributed by atoms with E-state index in [0.29, 0.717) is 0 Å². The van der Waals surface area contributed by atoms with Gasteiger partial charge in [-0.05, 0) is 51.8 Å². The van der Waals surface area contributed by atoms with Crippen molar-refractivity contribution >= 4 is 25.8 Å². The molecule has 98 valence electrons. The molecule has 0 radical (unpaired) electrons. The van der Waals surface area contributed by atoms with Crippen LogP contribution in [0.2, 0.25) is 0 Å². The normalized spacial score (nSPS) is 21.6. The van der Waals surface area contributed by atoms with E-state index in [-0.39, 0.29) is 26.2 Å². The lowest BCUT2D eigenvalue weighted by molar-refractivity contribution is 0.00578. The second-order valence-corrected chi connectivity index (χ2v) is 8.38. The molecule has 18 heavy (non-hydrogen) atoms. The highest BCUT2D eigenvalue weighted by atomic mass is 31.1. The molecule has 0 N–H and O–H groups in total. The van der Waals surface area contributed by atoms with Crippen LogP contribution in [0.25, 0.3) is 0 Å². The van der Waals surface area contributed by atoms with Gasteiger partial charge >= 0.3 is 7.12 Å². The molecule has 4 heteroatoms. The van der Waals surface area contributed by atoms with Crippen molar-refractivity contribution < 1.29 is 9.31 Å². The monoisotopic (exact) mass is 264 g/mol. The average molecular weight is 264 g/mol. The lowest BCUT2D eigenvalue weighted by Crippen LogP contribution is -2.41. The molecule has 1 fully saturated rings. The summed E-state index contributed by atoms with van der Waals surface area (Å²) in [6.45, 7) is 12.9. The smallest absolute Gasteiger partial charge is 0.399 e. The van der Waals surface area contributed by atoms with Gasteiger partial charge in [0.15, 0.2) is 0 Å². The number of hydrogen-bond acceptors (Lipinski definition) is 2. The lowest BCUT2D eigenvalue weighted by atomic mass is 9.79. The zero-order valence-electron chi connectivity index (χ0n) is 12.2. The molecule has 1 heterocycles. The van der Waals surface area contributed by atoms with Crippen LogP contribution >= 0.6 is 7.92 Å². The minimum Gasteiger partial charge on any atom is -0.399 e. The van der Waals surface area contributed by atoms with Crippen molar-refractivity contribution in [3.63, 3.8) is 0 Å². The molecule has 0 spiro atoms. The number of benzene rings is 1. The quantitative estimate of drug-likeness (QED) is 0.603. The molecule has 1 saturated heterocycles. The molecule has 2 nitrogen and oxygen atoms in total. The Kier molecular flexibility index (Phi) is 3.61. The largest absolute Gasteiger partial charge is 0.494 e. The van der Waals surface area contributed by atoms with Crippen molar-refractivity contribution in [2.24, 2.45) is 0 Å². The fraction of sp³-hybridized carbons (Fsp3) is 0.571. The molecular formula is C14H22BO2P. The van der Waals surface area contributed by atoms with Crippen LogP contribution < -0.4 is 10.8 Å². The molecule has 2 rings (SSSR count). The second-order valence-electron chi connectivity index (χ2n) is 6.07. The van der Waals surface area contributed by atoms with E-state index >= 15 is 0 Å². The van der Waals surface area contributed by atoms with Crippen LogP contribution in [-0.4, -0.2) is 31.7 Å². The van der Waals surface area contributed by atoms with Gasteiger partial charge in [-0.1, -0.05) is 32.2 Å². The summed E-state index contributed by atoms with van der Waals surface area (Å²) in [7, 11) is -0.286. The van der Waals surface area contributed by atoms with Gasteiger partial charge in [0, 0.05) is 0 Å². The van der Waals surface area contributed by atoms with Crippen molar-refractivity contribution in [3.05, 3.63) is 24.3 Å². The van der Waals surface area contributed by atoms with Crippen molar-refractivity contribution in [2.75, 3.05) is 13.3 Å². The molecule has 0 unspecified atom stereocenters. The summed E-state index contributed by atoms with van der Waals surface area (Å²) < 4.78 is 12.1. The Morgan fingerprint density at radius 2 is 1.33 bits per heavy atom. The Morgan fingerprint density at radius 1 is 0.889 bits per heavy atom. The molecule has 0 atom stereocenters. The van der Waals surface area contributed by atoms with Gasteiger partial charge in [-0.2, -0.15) is 0 Å². The predicted octanol–water partition coefficient (Wildman–Crippen LogP) is 2.35. The summed E-state index contributed by atoms with van der Waals surface area (Å²) in [5.74, 6) is 0. The maximum atomic E-state index is 6.03. The van der Waals surface area contributed by atoms with Crippen LogP contribution in [0.5, 0.6) is 0 Å². The summed E-state index contributed by atoms with van der Waals surface area (Å²) in [6.07, 6.45) is 0.